The molecule has 8 nitrogen and oxygen atoms in total. The topological polar surface area (TPSA) is 110 Å². The van der Waals surface area contributed by atoms with Crippen molar-refractivity contribution in [2.24, 2.45) is 0 Å². The van der Waals surface area contributed by atoms with Gasteiger partial charge in [-0.25, -0.2) is 22.2 Å². The van der Waals surface area contributed by atoms with Crippen LogP contribution in [-0.4, -0.2) is 30.0 Å². The molecule has 0 unspecified atom stereocenters. The molecule has 34 heavy (non-hydrogen) atoms. The number of carbonyl (C=O) groups excluding carboxylic acids is 2. The molecule has 0 saturated heterocycles. The van der Waals surface area contributed by atoms with E-state index in [1.54, 1.807) is 22.9 Å². The lowest BCUT2D eigenvalue weighted by Crippen LogP contribution is -2.28. The van der Waals surface area contributed by atoms with E-state index in [4.69, 9.17) is 0 Å². The van der Waals surface area contributed by atoms with E-state index in [2.05, 4.69) is 10.4 Å². The molecule has 172 valence electrons. The predicted molar refractivity (Wildman–Crippen MR) is 124 cm³/mol. The van der Waals surface area contributed by atoms with Gasteiger partial charge in [0, 0.05) is 18.2 Å². The third-order valence-electron chi connectivity index (χ3n) is 4.78. The smallest absolute Gasteiger partial charge is 0.276 e. The number of benzene rings is 3. The standard InChI is InChI=1S/C24H19FN4O4S/c1-16(30)28-34(32,33)21-13-11-19(12-14-21)26-24(31)22-15-23(17-7-9-18(25)10-8-17)29(27-22)20-5-3-2-4-6-20/h2-15H,1H3,(H,26,31)(H,28,30). The summed E-state index contributed by atoms with van der Waals surface area (Å²) in [5.74, 6) is -1.60. The number of sulfonamides is 1. The van der Waals surface area contributed by atoms with E-state index >= 15 is 0 Å². The maximum absolute atomic E-state index is 13.4. The molecule has 1 heterocycles. The molecule has 2 N–H and O–H groups in total. The number of aromatic nitrogens is 2. The zero-order valence-electron chi connectivity index (χ0n) is 17.9. The number of hydrogen-bond acceptors (Lipinski definition) is 5. The molecule has 0 radical (unpaired) electrons. The number of anilines is 1. The van der Waals surface area contributed by atoms with Crippen molar-refractivity contribution in [2.75, 3.05) is 5.32 Å². The van der Waals surface area contributed by atoms with Crippen molar-refractivity contribution >= 4 is 27.5 Å². The summed E-state index contributed by atoms with van der Waals surface area (Å²) >= 11 is 0. The van der Waals surface area contributed by atoms with Gasteiger partial charge in [-0.05, 0) is 66.7 Å². The van der Waals surface area contributed by atoms with Gasteiger partial charge in [0.25, 0.3) is 15.9 Å². The first-order valence-corrected chi connectivity index (χ1v) is 11.6. The molecule has 1 aromatic heterocycles. The van der Waals surface area contributed by atoms with Gasteiger partial charge in [-0.1, -0.05) is 18.2 Å². The lowest BCUT2D eigenvalue weighted by atomic mass is 10.1. The summed E-state index contributed by atoms with van der Waals surface area (Å²) in [6.07, 6.45) is 0. The van der Waals surface area contributed by atoms with E-state index in [0.717, 1.165) is 6.92 Å². The van der Waals surface area contributed by atoms with Gasteiger partial charge >= 0.3 is 0 Å². The minimum absolute atomic E-state index is 0.109. The highest BCUT2D eigenvalue weighted by Crippen LogP contribution is 2.25. The minimum Gasteiger partial charge on any atom is -0.321 e. The van der Waals surface area contributed by atoms with Crippen LogP contribution in [0, 0.1) is 5.82 Å². The molecule has 0 aliphatic rings. The fourth-order valence-electron chi connectivity index (χ4n) is 3.25. The van der Waals surface area contributed by atoms with E-state index in [1.807, 2.05) is 35.1 Å². The van der Waals surface area contributed by atoms with Crippen molar-refractivity contribution in [3.8, 4) is 16.9 Å². The van der Waals surface area contributed by atoms with Crippen molar-refractivity contribution in [3.05, 3.63) is 96.4 Å². The van der Waals surface area contributed by atoms with Crippen LogP contribution in [0.25, 0.3) is 16.9 Å². The Balaban J connectivity index is 1.62. The number of para-hydroxylation sites is 1. The average molecular weight is 479 g/mol. The number of halogens is 1. The maximum Gasteiger partial charge on any atom is 0.276 e. The van der Waals surface area contributed by atoms with E-state index < -0.39 is 21.8 Å². The van der Waals surface area contributed by atoms with Crippen LogP contribution in [-0.2, 0) is 14.8 Å². The van der Waals surface area contributed by atoms with Gasteiger partial charge in [-0.15, -0.1) is 0 Å². The van der Waals surface area contributed by atoms with Crippen LogP contribution in [0.15, 0.2) is 89.8 Å². The minimum atomic E-state index is -3.98. The quantitative estimate of drug-likeness (QED) is 0.439. The molecular weight excluding hydrogens is 459 g/mol. The highest BCUT2D eigenvalue weighted by molar-refractivity contribution is 7.90. The molecule has 0 aliphatic heterocycles. The van der Waals surface area contributed by atoms with Crippen LogP contribution >= 0.6 is 0 Å². The van der Waals surface area contributed by atoms with Gasteiger partial charge in [0.2, 0.25) is 5.91 Å². The molecule has 10 heteroatoms. The average Bonchev–Trinajstić information content (AvgIpc) is 3.25. The second-order valence-corrected chi connectivity index (χ2v) is 8.99. The predicted octanol–water partition coefficient (Wildman–Crippen LogP) is 3.76. The van der Waals surface area contributed by atoms with Crippen molar-refractivity contribution in [2.45, 2.75) is 11.8 Å². The Morgan fingerprint density at radius 2 is 1.56 bits per heavy atom. The summed E-state index contributed by atoms with van der Waals surface area (Å²) in [7, 11) is -3.98. The van der Waals surface area contributed by atoms with Crippen molar-refractivity contribution in [1.29, 1.82) is 0 Å². The number of nitrogens with one attached hydrogen (secondary N) is 2. The summed E-state index contributed by atoms with van der Waals surface area (Å²) in [4.78, 5) is 23.9. The first-order chi connectivity index (χ1) is 16.2. The van der Waals surface area contributed by atoms with Gasteiger partial charge in [0.05, 0.1) is 16.3 Å². The van der Waals surface area contributed by atoms with Gasteiger partial charge in [0.1, 0.15) is 5.82 Å². The lowest BCUT2D eigenvalue weighted by Gasteiger charge is -2.07. The Morgan fingerprint density at radius 3 is 2.18 bits per heavy atom. The van der Waals surface area contributed by atoms with Crippen LogP contribution in [0.5, 0.6) is 0 Å². The van der Waals surface area contributed by atoms with E-state index in [0.29, 0.717) is 22.6 Å². The number of carbonyl (C=O) groups is 2. The first-order valence-electron chi connectivity index (χ1n) is 10.1. The third-order valence-corrected chi connectivity index (χ3v) is 6.23. The zero-order chi connectivity index (χ0) is 24.3. The third kappa shape index (κ3) is 5.02. The monoisotopic (exact) mass is 478 g/mol. The molecule has 0 aliphatic carbocycles. The highest BCUT2D eigenvalue weighted by atomic mass is 32.2. The number of hydrogen-bond donors (Lipinski definition) is 2. The molecule has 0 fully saturated rings. The van der Waals surface area contributed by atoms with Gasteiger partial charge < -0.3 is 5.32 Å². The lowest BCUT2D eigenvalue weighted by molar-refractivity contribution is -0.117. The number of amides is 2. The van der Waals surface area contributed by atoms with Gasteiger partial charge in [-0.2, -0.15) is 5.10 Å². The molecule has 4 aromatic rings. The molecule has 4 rings (SSSR count). The Labute approximate surface area is 195 Å². The second kappa shape index (κ2) is 9.28. The van der Waals surface area contributed by atoms with E-state index in [9.17, 15) is 22.4 Å². The molecule has 0 saturated carbocycles. The highest BCUT2D eigenvalue weighted by Gasteiger charge is 2.18. The largest absolute Gasteiger partial charge is 0.321 e. The van der Waals surface area contributed by atoms with Crippen molar-refractivity contribution in [1.82, 2.24) is 14.5 Å². The Bertz CT molecular complexity index is 1450. The Hall–Kier alpha value is -4.31. The normalized spacial score (nSPS) is 11.1. The van der Waals surface area contributed by atoms with Crippen LogP contribution in [0.1, 0.15) is 17.4 Å². The summed E-state index contributed by atoms with van der Waals surface area (Å²) in [6.45, 7) is 1.10. The summed E-state index contributed by atoms with van der Waals surface area (Å²) in [5, 5.41) is 7.11. The van der Waals surface area contributed by atoms with Crippen LogP contribution in [0.4, 0.5) is 10.1 Å². The maximum atomic E-state index is 13.4. The molecular formula is C24H19FN4O4S. The molecule has 0 bridgehead atoms. The molecule has 0 spiro atoms. The molecule has 3 aromatic carbocycles. The number of nitrogens with zero attached hydrogens (tertiary/aromatic N) is 2. The van der Waals surface area contributed by atoms with E-state index in [-0.39, 0.29) is 16.4 Å². The van der Waals surface area contributed by atoms with Gasteiger partial charge in [0.15, 0.2) is 5.69 Å². The fourth-order valence-corrected chi connectivity index (χ4v) is 4.24. The van der Waals surface area contributed by atoms with Crippen LogP contribution in [0.3, 0.4) is 0 Å². The fraction of sp³-hybridized carbons (Fsp3) is 0.0417. The summed E-state index contributed by atoms with van der Waals surface area (Å²) in [6, 6.07) is 22.0. The second-order valence-electron chi connectivity index (χ2n) is 7.31. The first kappa shape index (κ1) is 22.9. The summed E-state index contributed by atoms with van der Waals surface area (Å²) < 4.78 is 41.0. The van der Waals surface area contributed by atoms with Crippen molar-refractivity contribution in [3.63, 3.8) is 0 Å². The number of rotatable bonds is 6. The van der Waals surface area contributed by atoms with Crippen molar-refractivity contribution < 1.29 is 22.4 Å². The van der Waals surface area contributed by atoms with Crippen LogP contribution in [0.2, 0.25) is 0 Å². The Morgan fingerprint density at radius 1 is 0.912 bits per heavy atom. The zero-order valence-corrected chi connectivity index (χ0v) is 18.7. The van der Waals surface area contributed by atoms with Gasteiger partial charge in [-0.3, -0.25) is 9.59 Å². The molecule has 2 amide bonds. The summed E-state index contributed by atoms with van der Waals surface area (Å²) in [5.41, 5.74) is 2.42. The van der Waals surface area contributed by atoms with E-state index in [1.165, 1.54) is 36.4 Å². The molecule has 0 atom stereocenters. The SMILES string of the molecule is CC(=O)NS(=O)(=O)c1ccc(NC(=O)c2cc(-c3ccc(F)cc3)n(-c3ccccc3)n2)cc1. The Kier molecular flexibility index (Phi) is 6.24. The van der Waals surface area contributed by atoms with Crippen LogP contribution < -0.4 is 10.0 Å².